The molecule has 1 aliphatic carbocycles. The molecule has 2 saturated heterocycles. The highest BCUT2D eigenvalue weighted by atomic mass is 32.2. The number of aliphatic hydroxyl groups is 1. The first-order valence-electron chi connectivity index (χ1n) is 9.48. The summed E-state index contributed by atoms with van der Waals surface area (Å²) in [5.41, 5.74) is 0.0601. The van der Waals surface area contributed by atoms with Gasteiger partial charge < -0.3 is 20.4 Å². The number of thioether (sulfide) groups is 1. The third-order valence-electron chi connectivity index (χ3n) is 5.96. The van der Waals surface area contributed by atoms with Gasteiger partial charge in [-0.1, -0.05) is 6.92 Å². The van der Waals surface area contributed by atoms with E-state index in [-0.39, 0.29) is 46.8 Å². The average molecular weight is 395 g/mol. The van der Waals surface area contributed by atoms with Gasteiger partial charge in [-0.15, -0.1) is 11.8 Å². The van der Waals surface area contributed by atoms with Gasteiger partial charge >= 0.3 is 5.97 Å². The summed E-state index contributed by atoms with van der Waals surface area (Å²) in [7, 11) is 0. The standard InChI is InChI=1S/C18H25N3O5S/c1-7-13-12(8(2)22)17(24)21(13)14(18(25)26)15(7)27-10-5-11(19-6-10)20-16(23)9-3-4-9/h7-13,19,22H,3-6H2,1-2H3,(H,20,23)(H,25,26)/t7-,8-,10+,11-,12-,13-/m1/s1. The molecule has 1 saturated carbocycles. The number of carbonyl (C=O) groups excluding carboxylic acids is 2. The van der Waals surface area contributed by atoms with Crippen LogP contribution in [-0.4, -0.2) is 63.0 Å². The lowest BCUT2D eigenvalue weighted by Crippen LogP contribution is -2.63. The first kappa shape index (κ1) is 18.8. The second-order valence-electron chi connectivity index (χ2n) is 7.99. The molecule has 0 unspecified atom stereocenters. The number of nitrogens with one attached hydrogen (secondary N) is 2. The highest BCUT2D eigenvalue weighted by molar-refractivity contribution is 8.03. The Labute approximate surface area is 161 Å². The van der Waals surface area contributed by atoms with E-state index >= 15 is 0 Å². The first-order chi connectivity index (χ1) is 12.8. The van der Waals surface area contributed by atoms with Crippen molar-refractivity contribution in [1.29, 1.82) is 0 Å². The molecule has 0 aromatic rings. The van der Waals surface area contributed by atoms with Crippen LogP contribution in [0.25, 0.3) is 0 Å². The predicted octanol–water partition coefficient (Wildman–Crippen LogP) is 0.0875. The van der Waals surface area contributed by atoms with E-state index in [1.807, 2.05) is 6.92 Å². The summed E-state index contributed by atoms with van der Waals surface area (Å²) in [4.78, 5) is 38.2. The maximum atomic E-state index is 12.4. The van der Waals surface area contributed by atoms with E-state index in [4.69, 9.17) is 0 Å². The fraction of sp³-hybridized carbons (Fsp3) is 0.722. The van der Waals surface area contributed by atoms with Crippen LogP contribution in [0, 0.1) is 17.8 Å². The molecule has 0 aromatic carbocycles. The zero-order valence-electron chi connectivity index (χ0n) is 15.3. The smallest absolute Gasteiger partial charge is 0.353 e. The van der Waals surface area contributed by atoms with Gasteiger partial charge in [-0.3, -0.25) is 14.9 Å². The molecule has 0 radical (unpaired) electrons. The highest BCUT2D eigenvalue weighted by Crippen LogP contribution is 2.51. The Morgan fingerprint density at radius 3 is 2.67 bits per heavy atom. The van der Waals surface area contributed by atoms with Crippen LogP contribution >= 0.6 is 11.8 Å². The number of aliphatic hydroxyl groups excluding tert-OH is 1. The summed E-state index contributed by atoms with van der Waals surface area (Å²) in [6.45, 7) is 4.17. The molecule has 3 aliphatic heterocycles. The molecule has 148 valence electrons. The fourth-order valence-corrected chi connectivity index (χ4v) is 5.88. The number of nitrogens with zero attached hydrogens (tertiary/aromatic N) is 1. The van der Waals surface area contributed by atoms with Crippen molar-refractivity contribution in [2.24, 2.45) is 17.8 Å². The molecule has 8 nitrogen and oxygen atoms in total. The van der Waals surface area contributed by atoms with Crippen molar-refractivity contribution in [3.8, 4) is 0 Å². The Kier molecular flexibility index (Phi) is 4.72. The van der Waals surface area contributed by atoms with Crippen LogP contribution in [0.1, 0.15) is 33.1 Å². The third-order valence-corrected chi connectivity index (χ3v) is 7.47. The van der Waals surface area contributed by atoms with Crippen LogP contribution in [-0.2, 0) is 14.4 Å². The van der Waals surface area contributed by atoms with E-state index in [1.54, 1.807) is 6.92 Å². The molecule has 9 heteroatoms. The zero-order chi connectivity index (χ0) is 19.5. The molecular weight excluding hydrogens is 370 g/mol. The average Bonchev–Trinajstić information content (AvgIpc) is 3.30. The third kappa shape index (κ3) is 3.15. The van der Waals surface area contributed by atoms with Gasteiger partial charge in [0.25, 0.3) is 0 Å². The Morgan fingerprint density at radius 1 is 1.37 bits per heavy atom. The number of carboxylic acid groups (broad SMARTS) is 1. The van der Waals surface area contributed by atoms with Crippen molar-refractivity contribution in [2.45, 2.75) is 56.7 Å². The van der Waals surface area contributed by atoms with E-state index in [0.717, 1.165) is 12.8 Å². The van der Waals surface area contributed by atoms with Crippen LogP contribution < -0.4 is 10.6 Å². The van der Waals surface area contributed by atoms with Crippen molar-refractivity contribution in [1.82, 2.24) is 15.5 Å². The van der Waals surface area contributed by atoms with Crippen LogP contribution in [0.15, 0.2) is 10.6 Å². The quantitative estimate of drug-likeness (QED) is 0.471. The second kappa shape index (κ2) is 6.79. The summed E-state index contributed by atoms with van der Waals surface area (Å²) < 4.78 is 0. The molecule has 3 fully saturated rings. The molecule has 4 rings (SSSR count). The molecule has 3 heterocycles. The topological polar surface area (TPSA) is 119 Å². The highest BCUT2D eigenvalue weighted by Gasteiger charge is 2.60. The number of amides is 2. The van der Waals surface area contributed by atoms with Gasteiger partial charge in [0.05, 0.1) is 24.2 Å². The summed E-state index contributed by atoms with van der Waals surface area (Å²) in [5, 5.41) is 26.0. The monoisotopic (exact) mass is 395 g/mol. The number of β-lactam (4-membered cyclic amide) rings is 1. The summed E-state index contributed by atoms with van der Waals surface area (Å²) in [6, 6.07) is -0.286. The lowest BCUT2D eigenvalue weighted by atomic mass is 9.79. The number of carbonyl (C=O) groups is 3. The Morgan fingerprint density at radius 2 is 2.07 bits per heavy atom. The molecule has 4 aliphatic rings. The lowest BCUT2D eigenvalue weighted by molar-refractivity contribution is -0.163. The fourth-order valence-electron chi connectivity index (χ4n) is 4.40. The second-order valence-corrected chi connectivity index (χ2v) is 9.33. The number of hydrogen-bond acceptors (Lipinski definition) is 6. The van der Waals surface area contributed by atoms with Crippen molar-refractivity contribution >= 4 is 29.5 Å². The van der Waals surface area contributed by atoms with Gasteiger partial charge in [0, 0.05) is 28.5 Å². The maximum Gasteiger partial charge on any atom is 0.353 e. The van der Waals surface area contributed by atoms with Crippen LogP contribution in [0.4, 0.5) is 0 Å². The summed E-state index contributed by atoms with van der Waals surface area (Å²) in [6.07, 6.45) is 1.74. The van der Waals surface area contributed by atoms with Crippen LogP contribution in [0.3, 0.4) is 0 Å². The van der Waals surface area contributed by atoms with Crippen LogP contribution in [0.2, 0.25) is 0 Å². The summed E-state index contributed by atoms with van der Waals surface area (Å²) >= 11 is 1.49. The van der Waals surface area contributed by atoms with Crippen molar-refractivity contribution in [2.75, 3.05) is 6.54 Å². The van der Waals surface area contributed by atoms with Gasteiger partial charge in [0.15, 0.2) is 0 Å². The van der Waals surface area contributed by atoms with Crippen molar-refractivity contribution in [3.05, 3.63) is 10.6 Å². The largest absolute Gasteiger partial charge is 0.477 e. The predicted molar refractivity (Wildman–Crippen MR) is 98.3 cm³/mol. The Bertz CT molecular complexity index is 720. The van der Waals surface area contributed by atoms with Crippen LogP contribution in [0.5, 0.6) is 0 Å². The van der Waals surface area contributed by atoms with Gasteiger partial charge in [-0.2, -0.15) is 0 Å². The maximum absolute atomic E-state index is 12.4. The summed E-state index contributed by atoms with van der Waals surface area (Å²) in [5.74, 6) is -1.84. The van der Waals surface area contributed by atoms with Gasteiger partial charge in [-0.25, -0.2) is 4.79 Å². The normalized spacial score (nSPS) is 36.5. The SMILES string of the molecule is C[C@@H](O)[C@H]1C(=O)N2C(C(=O)O)=C(S[C@@H]3CN[C@H](NC(=O)C4CC4)C3)[C@H](C)[C@H]12. The minimum absolute atomic E-state index is 0.0601. The van der Waals surface area contributed by atoms with Crippen molar-refractivity contribution < 1.29 is 24.6 Å². The lowest BCUT2D eigenvalue weighted by Gasteiger charge is -2.46. The minimum Gasteiger partial charge on any atom is -0.477 e. The first-order valence-corrected chi connectivity index (χ1v) is 10.4. The number of rotatable bonds is 6. The number of hydrogen-bond donors (Lipinski definition) is 4. The Balaban J connectivity index is 1.45. The van der Waals surface area contributed by atoms with E-state index in [0.29, 0.717) is 17.9 Å². The molecule has 0 spiro atoms. The van der Waals surface area contributed by atoms with E-state index in [2.05, 4.69) is 10.6 Å². The van der Waals surface area contributed by atoms with E-state index in [9.17, 15) is 24.6 Å². The van der Waals surface area contributed by atoms with E-state index < -0.39 is 18.0 Å². The van der Waals surface area contributed by atoms with E-state index in [1.165, 1.54) is 16.7 Å². The van der Waals surface area contributed by atoms with Gasteiger partial charge in [-0.05, 0) is 26.2 Å². The molecule has 0 aromatic heterocycles. The number of carboxylic acids is 1. The van der Waals surface area contributed by atoms with Gasteiger partial charge in [0.2, 0.25) is 11.8 Å². The Hall–Kier alpha value is -1.58. The zero-order valence-corrected chi connectivity index (χ0v) is 16.2. The molecule has 4 N–H and O–H groups in total. The van der Waals surface area contributed by atoms with Gasteiger partial charge in [0.1, 0.15) is 5.70 Å². The molecular formula is C18H25N3O5S. The number of fused-ring (bicyclic) bond motifs is 1. The molecule has 27 heavy (non-hydrogen) atoms. The van der Waals surface area contributed by atoms with Crippen molar-refractivity contribution in [3.63, 3.8) is 0 Å². The minimum atomic E-state index is -1.10. The molecule has 2 amide bonds. The molecule has 6 atom stereocenters. The number of aliphatic carboxylic acids is 1. The molecule has 0 bridgehead atoms.